The van der Waals surface area contributed by atoms with Crippen LogP contribution < -0.4 is 15.9 Å². The first-order valence-electron chi connectivity index (χ1n) is 13.4. The molecule has 3 atom stereocenters. The summed E-state index contributed by atoms with van der Waals surface area (Å²) in [6.45, 7) is 5.12. The van der Waals surface area contributed by atoms with Crippen molar-refractivity contribution in [2.45, 2.75) is 50.2 Å². The van der Waals surface area contributed by atoms with Crippen molar-refractivity contribution in [3.63, 3.8) is 0 Å². The number of nitriles is 1. The smallest absolute Gasteiger partial charge is 0.229 e. The van der Waals surface area contributed by atoms with Crippen LogP contribution in [0.15, 0.2) is 42.6 Å². The Morgan fingerprint density at radius 3 is 2.54 bits per heavy atom. The summed E-state index contributed by atoms with van der Waals surface area (Å²) in [4.78, 5) is 11.7. The molecule has 10 heteroatoms. The van der Waals surface area contributed by atoms with Crippen LogP contribution in [0.1, 0.15) is 36.0 Å². The topological polar surface area (TPSA) is 103 Å². The average molecular weight is 563 g/mol. The van der Waals surface area contributed by atoms with E-state index < -0.39 is 7.14 Å². The number of fused-ring (bicyclic) bond motifs is 3. The summed E-state index contributed by atoms with van der Waals surface area (Å²) in [6, 6.07) is 15.5. The second kappa shape index (κ2) is 10.6. The maximum Gasteiger partial charge on any atom is 0.229 e. The quantitative estimate of drug-likeness (QED) is 0.302. The Labute approximate surface area is 234 Å². The highest BCUT2D eigenvalue weighted by Gasteiger charge is 2.45. The summed E-state index contributed by atoms with van der Waals surface area (Å²) in [6.07, 6.45) is 7.34. The predicted molar refractivity (Wildman–Crippen MR) is 156 cm³/mol. The number of benzene rings is 2. The van der Waals surface area contributed by atoms with Crippen LogP contribution in [-0.2, 0) is 22.1 Å². The molecule has 3 aromatic rings. The predicted octanol–water partition coefficient (Wildman–Crippen LogP) is 5.46. The van der Waals surface area contributed by atoms with Crippen molar-refractivity contribution in [1.82, 2.24) is 14.9 Å². The van der Waals surface area contributed by atoms with E-state index in [0.717, 1.165) is 31.7 Å². The number of halogens is 1. The van der Waals surface area contributed by atoms with Gasteiger partial charge < -0.3 is 19.9 Å². The zero-order chi connectivity index (χ0) is 27.1. The monoisotopic (exact) mass is 562 g/mol. The van der Waals surface area contributed by atoms with Gasteiger partial charge in [0, 0.05) is 29.1 Å². The summed E-state index contributed by atoms with van der Waals surface area (Å²) in [7, 11) is -2.67. The van der Waals surface area contributed by atoms with Gasteiger partial charge in [-0.05, 0) is 86.9 Å². The molecule has 0 amide bonds. The number of hydrogen-bond donors (Lipinski definition) is 2. The molecule has 0 saturated carbocycles. The lowest BCUT2D eigenvalue weighted by Crippen LogP contribution is -2.66. The summed E-state index contributed by atoms with van der Waals surface area (Å²) >= 11 is 6.43. The van der Waals surface area contributed by atoms with Crippen molar-refractivity contribution >= 4 is 47.2 Å². The summed E-state index contributed by atoms with van der Waals surface area (Å²) in [5.74, 6) is 0.809. The zero-order valence-electron chi connectivity index (χ0n) is 22.2. The van der Waals surface area contributed by atoms with Gasteiger partial charge >= 0.3 is 0 Å². The van der Waals surface area contributed by atoms with Crippen molar-refractivity contribution in [3.05, 3.63) is 64.3 Å². The van der Waals surface area contributed by atoms with E-state index in [1.807, 2.05) is 0 Å². The van der Waals surface area contributed by atoms with Crippen LogP contribution in [-0.4, -0.2) is 59.5 Å². The highest BCUT2D eigenvalue weighted by atomic mass is 35.5. The van der Waals surface area contributed by atoms with E-state index in [1.165, 1.54) is 30.4 Å². The second-order valence-electron chi connectivity index (χ2n) is 11.1. The van der Waals surface area contributed by atoms with Gasteiger partial charge in [0.15, 0.2) is 5.82 Å². The molecule has 0 spiro atoms. The van der Waals surface area contributed by atoms with E-state index in [1.54, 1.807) is 37.7 Å². The molecule has 2 N–H and O–H groups in total. The average Bonchev–Trinajstić information content (AvgIpc) is 3.13. The standard InChI is InChI=1S/C29H32ClN6O2P/c1-39(2,37)27-11-18(14-31)3-10-26(27)34-28-25(30)15-32-29(35-28)33-21-7-4-19-5-8-22(9-6-20(19)12-21)36-23-13-24(36)17-38-16-23/h3-4,7,10-12,15,22-24H,5-6,8-9,13,16-17H2,1-2H3,(H2,32,33,34,35). The normalized spacial score (nSPS) is 22.7. The Kier molecular flexibility index (Phi) is 7.11. The lowest BCUT2D eigenvalue weighted by Gasteiger charge is -2.56. The number of anilines is 4. The third-order valence-electron chi connectivity index (χ3n) is 8.09. The molecule has 6 rings (SSSR count). The third kappa shape index (κ3) is 5.42. The van der Waals surface area contributed by atoms with Crippen molar-refractivity contribution in [3.8, 4) is 6.07 Å². The second-order valence-corrected chi connectivity index (χ2v) is 14.7. The minimum atomic E-state index is -2.67. The molecule has 39 heavy (non-hydrogen) atoms. The first-order valence-corrected chi connectivity index (χ1v) is 16.4. The molecule has 3 aliphatic rings. The first kappa shape index (κ1) is 26.3. The van der Waals surface area contributed by atoms with Crippen LogP contribution in [0.25, 0.3) is 0 Å². The molecule has 3 heterocycles. The fourth-order valence-corrected chi connectivity index (χ4v) is 7.45. The van der Waals surface area contributed by atoms with Crippen molar-refractivity contribution in [2.24, 2.45) is 0 Å². The summed E-state index contributed by atoms with van der Waals surface area (Å²) < 4.78 is 18.6. The van der Waals surface area contributed by atoms with Gasteiger partial charge in [-0.1, -0.05) is 17.7 Å². The number of aryl methyl sites for hydroxylation is 2. The van der Waals surface area contributed by atoms with Gasteiger partial charge in [0.1, 0.15) is 12.2 Å². The van der Waals surface area contributed by atoms with E-state index in [9.17, 15) is 9.83 Å². The minimum Gasteiger partial charge on any atom is -0.378 e. The first-order chi connectivity index (χ1) is 18.8. The molecule has 2 aromatic carbocycles. The number of nitrogens with one attached hydrogen (secondary N) is 2. The van der Waals surface area contributed by atoms with Gasteiger partial charge in [-0.2, -0.15) is 10.2 Å². The van der Waals surface area contributed by atoms with Crippen LogP contribution in [0.3, 0.4) is 0 Å². The molecule has 1 aliphatic carbocycles. The van der Waals surface area contributed by atoms with Crippen molar-refractivity contribution in [1.29, 1.82) is 5.26 Å². The molecule has 1 aromatic heterocycles. The van der Waals surface area contributed by atoms with Crippen molar-refractivity contribution in [2.75, 3.05) is 37.2 Å². The Hall–Kier alpha value is -2.95. The molecule has 8 nitrogen and oxygen atoms in total. The number of rotatable bonds is 6. The SMILES string of the molecule is CP(C)(=O)c1cc(C#N)ccc1Nc1nc(Nc2ccc3c(c2)CCC(N2C4COCC2C4)CC3)ncc1Cl. The number of nitrogens with zero attached hydrogens (tertiary/aromatic N) is 4. The lowest BCUT2D eigenvalue weighted by molar-refractivity contribution is -0.148. The zero-order valence-corrected chi connectivity index (χ0v) is 23.8. The van der Waals surface area contributed by atoms with Gasteiger partial charge in [0.2, 0.25) is 5.95 Å². The summed E-state index contributed by atoms with van der Waals surface area (Å²) in [5.41, 5.74) is 4.78. The number of aromatic nitrogens is 2. The van der Waals surface area contributed by atoms with Crippen molar-refractivity contribution < 1.29 is 9.30 Å². The number of morpholine rings is 1. The van der Waals surface area contributed by atoms with E-state index in [-0.39, 0.29) is 0 Å². The van der Waals surface area contributed by atoms with Gasteiger partial charge in [-0.3, -0.25) is 4.90 Å². The molecule has 2 bridgehead atoms. The Bertz CT molecular complexity index is 1490. The molecular weight excluding hydrogens is 531 g/mol. The number of ether oxygens (including phenoxy) is 1. The number of hydrogen-bond acceptors (Lipinski definition) is 8. The van der Waals surface area contributed by atoms with Crippen LogP contribution in [0.4, 0.5) is 23.1 Å². The maximum absolute atomic E-state index is 12.9. The molecule has 3 unspecified atom stereocenters. The van der Waals surface area contributed by atoms with E-state index in [2.05, 4.69) is 49.8 Å². The van der Waals surface area contributed by atoms with Gasteiger partial charge in [-0.25, -0.2) is 4.98 Å². The Morgan fingerprint density at radius 1 is 1.05 bits per heavy atom. The van der Waals surface area contributed by atoms with E-state index in [4.69, 9.17) is 16.3 Å². The minimum absolute atomic E-state index is 0.340. The van der Waals surface area contributed by atoms with E-state index >= 15 is 0 Å². The molecule has 2 aliphatic heterocycles. The Morgan fingerprint density at radius 2 is 1.82 bits per heavy atom. The van der Waals surface area contributed by atoms with Gasteiger partial charge in [0.25, 0.3) is 0 Å². The highest BCUT2D eigenvalue weighted by Crippen LogP contribution is 2.40. The largest absolute Gasteiger partial charge is 0.378 e. The molecule has 0 radical (unpaired) electrons. The highest BCUT2D eigenvalue weighted by molar-refractivity contribution is 7.70. The molecular formula is C29H32ClN6O2P. The fraction of sp³-hybridized carbons (Fsp3) is 0.414. The van der Waals surface area contributed by atoms with Crippen LogP contribution in [0.2, 0.25) is 5.02 Å². The lowest BCUT2D eigenvalue weighted by atomic mass is 9.87. The van der Waals surface area contributed by atoms with Gasteiger partial charge in [0.05, 0.1) is 36.7 Å². The molecule has 202 valence electrons. The van der Waals surface area contributed by atoms with E-state index in [0.29, 0.717) is 51.5 Å². The molecule has 2 fully saturated rings. The van der Waals surface area contributed by atoms with Crippen LogP contribution in [0, 0.1) is 11.3 Å². The maximum atomic E-state index is 12.9. The van der Waals surface area contributed by atoms with Crippen LogP contribution >= 0.6 is 18.7 Å². The third-order valence-corrected chi connectivity index (χ3v) is 9.90. The van der Waals surface area contributed by atoms with Crippen LogP contribution in [0.5, 0.6) is 0 Å². The molecule has 2 saturated heterocycles. The summed E-state index contributed by atoms with van der Waals surface area (Å²) in [5, 5.41) is 16.7. The fourth-order valence-electron chi connectivity index (χ4n) is 6.15. The Balaban J connectivity index is 1.18. The van der Waals surface area contributed by atoms with Gasteiger partial charge in [-0.15, -0.1) is 0 Å².